The van der Waals surface area contributed by atoms with Crippen molar-refractivity contribution in [3.63, 3.8) is 0 Å². The monoisotopic (exact) mass is 249 g/mol. The molecule has 4 nitrogen and oxygen atoms in total. The Morgan fingerprint density at radius 2 is 2.11 bits per heavy atom. The van der Waals surface area contributed by atoms with Crippen molar-refractivity contribution in [1.82, 2.24) is 4.90 Å². The molecular weight excluding hydrogens is 230 g/mol. The van der Waals surface area contributed by atoms with Crippen LogP contribution in [0.25, 0.3) is 0 Å². The van der Waals surface area contributed by atoms with E-state index in [0.717, 1.165) is 25.7 Å². The van der Waals surface area contributed by atoms with Crippen LogP contribution in [0.5, 0.6) is 0 Å². The number of amides is 1. The normalized spacial score (nSPS) is 37.3. The first-order chi connectivity index (χ1) is 8.70. The van der Waals surface area contributed by atoms with E-state index >= 15 is 0 Å². The van der Waals surface area contributed by atoms with Crippen LogP contribution in [0.15, 0.2) is 12.2 Å². The lowest BCUT2D eigenvalue weighted by atomic mass is 9.92. The van der Waals surface area contributed by atoms with Gasteiger partial charge >= 0.3 is 5.97 Å². The standard InChI is InChI=1S/C14H19NO3/c1-18-14(17)12-3-2-6-15(12)13(16)11-8-9-4-5-10(11)7-9/h4-5,9-12H,2-3,6-8H2,1H3. The largest absolute Gasteiger partial charge is 0.467 e. The van der Waals surface area contributed by atoms with Gasteiger partial charge < -0.3 is 9.64 Å². The molecule has 3 rings (SSSR count). The molecule has 2 bridgehead atoms. The number of rotatable bonds is 2. The SMILES string of the molecule is COC(=O)C1CCCN1C(=O)C1CC2C=CC1C2. The molecule has 0 aromatic rings. The molecule has 0 N–H and O–H groups in total. The predicted molar refractivity (Wildman–Crippen MR) is 65.6 cm³/mol. The summed E-state index contributed by atoms with van der Waals surface area (Å²) < 4.78 is 4.79. The molecule has 0 aromatic heterocycles. The first kappa shape index (κ1) is 11.8. The summed E-state index contributed by atoms with van der Waals surface area (Å²) in [6.45, 7) is 0.705. The zero-order valence-electron chi connectivity index (χ0n) is 10.7. The highest BCUT2D eigenvalue weighted by atomic mass is 16.5. The molecule has 4 atom stereocenters. The molecule has 2 fully saturated rings. The molecule has 0 aromatic carbocycles. The van der Waals surface area contributed by atoms with E-state index in [2.05, 4.69) is 12.2 Å². The fourth-order valence-corrected chi connectivity index (χ4v) is 3.69. The van der Waals surface area contributed by atoms with Gasteiger partial charge in [-0.05, 0) is 37.5 Å². The Hall–Kier alpha value is -1.32. The van der Waals surface area contributed by atoms with E-state index in [1.165, 1.54) is 7.11 Å². The zero-order valence-corrected chi connectivity index (χ0v) is 10.7. The molecule has 1 saturated carbocycles. The molecule has 0 radical (unpaired) electrons. The number of allylic oxidation sites excluding steroid dienone is 2. The number of carbonyl (C=O) groups is 2. The summed E-state index contributed by atoms with van der Waals surface area (Å²) in [7, 11) is 1.39. The van der Waals surface area contributed by atoms with Gasteiger partial charge in [0, 0.05) is 12.5 Å². The van der Waals surface area contributed by atoms with Crippen molar-refractivity contribution >= 4 is 11.9 Å². The Kier molecular flexibility index (Phi) is 2.88. The maximum absolute atomic E-state index is 12.6. The highest BCUT2D eigenvalue weighted by Crippen LogP contribution is 2.44. The van der Waals surface area contributed by atoms with Crippen molar-refractivity contribution in [3.05, 3.63) is 12.2 Å². The van der Waals surface area contributed by atoms with E-state index in [4.69, 9.17) is 4.74 Å². The summed E-state index contributed by atoms with van der Waals surface area (Å²) in [5.41, 5.74) is 0. The number of methoxy groups -OCH3 is 1. The zero-order chi connectivity index (χ0) is 12.7. The van der Waals surface area contributed by atoms with Gasteiger partial charge in [0.2, 0.25) is 5.91 Å². The Labute approximate surface area is 107 Å². The van der Waals surface area contributed by atoms with Gasteiger partial charge in [0.1, 0.15) is 6.04 Å². The number of nitrogens with zero attached hydrogens (tertiary/aromatic N) is 1. The highest BCUT2D eigenvalue weighted by molar-refractivity contribution is 5.87. The molecule has 2 aliphatic carbocycles. The molecule has 1 aliphatic heterocycles. The molecule has 3 aliphatic rings. The topological polar surface area (TPSA) is 46.6 Å². The predicted octanol–water partition coefficient (Wildman–Crippen LogP) is 1.36. The number of carbonyl (C=O) groups excluding carboxylic acids is 2. The number of likely N-dealkylation sites (tertiary alicyclic amines) is 1. The summed E-state index contributed by atoms with van der Waals surface area (Å²) in [4.78, 5) is 26.0. The van der Waals surface area contributed by atoms with E-state index in [1.54, 1.807) is 4.90 Å². The first-order valence-electron chi connectivity index (χ1n) is 6.77. The third kappa shape index (κ3) is 1.74. The van der Waals surface area contributed by atoms with Crippen molar-refractivity contribution in [3.8, 4) is 0 Å². The van der Waals surface area contributed by atoms with Crippen molar-refractivity contribution < 1.29 is 14.3 Å². The quantitative estimate of drug-likeness (QED) is 0.548. The van der Waals surface area contributed by atoms with Gasteiger partial charge in [-0.2, -0.15) is 0 Å². The van der Waals surface area contributed by atoms with Gasteiger partial charge in [-0.15, -0.1) is 0 Å². The maximum Gasteiger partial charge on any atom is 0.328 e. The lowest BCUT2D eigenvalue weighted by molar-refractivity contribution is -0.152. The second kappa shape index (κ2) is 4.41. The number of ether oxygens (including phenoxy) is 1. The Morgan fingerprint density at radius 3 is 2.72 bits per heavy atom. The fourth-order valence-electron chi connectivity index (χ4n) is 3.69. The third-order valence-corrected chi connectivity index (χ3v) is 4.61. The van der Waals surface area contributed by atoms with Gasteiger partial charge in [0.05, 0.1) is 7.11 Å². The third-order valence-electron chi connectivity index (χ3n) is 4.61. The van der Waals surface area contributed by atoms with Crippen molar-refractivity contribution in [2.75, 3.05) is 13.7 Å². The maximum atomic E-state index is 12.6. The lowest BCUT2D eigenvalue weighted by Gasteiger charge is -2.28. The van der Waals surface area contributed by atoms with Gasteiger partial charge in [0.25, 0.3) is 0 Å². The van der Waals surface area contributed by atoms with Gasteiger partial charge in [-0.3, -0.25) is 4.79 Å². The molecule has 0 spiro atoms. The highest BCUT2D eigenvalue weighted by Gasteiger charge is 2.45. The van der Waals surface area contributed by atoms with Crippen LogP contribution in [0.1, 0.15) is 25.7 Å². The molecule has 1 amide bonds. The van der Waals surface area contributed by atoms with Gasteiger partial charge in [0.15, 0.2) is 0 Å². The lowest BCUT2D eigenvalue weighted by Crippen LogP contribution is -2.44. The molecular formula is C14H19NO3. The molecule has 1 heterocycles. The van der Waals surface area contributed by atoms with Crippen LogP contribution in [0.2, 0.25) is 0 Å². The van der Waals surface area contributed by atoms with Crippen molar-refractivity contribution in [2.24, 2.45) is 17.8 Å². The molecule has 98 valence electrons. The minimum absolute atomic E-state index is 0.102. The average Bonchev–Trinajstić information content (AvgIpc) is 3.11. The summed E-state index contributed by atoms with van der Waals surface area (Å²) >= 11 is 0. The fraction of sp³-hybridized carbons (Fsp3) is 0.714. The minimum atomic E-state index is -0.342. The van der Waals surface area contributed by atoms with Crippen LogP contribution in [-0.4, -0.2) is 36.5 Å². The van der Waals surface area contributed by atoms with E-state index in [0.29, 0.717) is 18.4 Å². The summed E-state index contributed by atoms with van der Waals surface area (Å²) in [5.74, 6) is 0.995. The van der Waals surface area contributed by atoms with Crippen LogP contribution in [0.4, 0.5) is 0 Å². The number of hydrogen-bond donors (Lipinski definition) is 0. The Balaban J connectivity index is 1.72. The number of hydrogen-bond acceptors (Lipinski definition) is 3. The first-order valence-corrected chi connectivity index (χ1v) is 6.77. The molecule has 4 heteroatoms. The van der Waals surface area contributed by atoms with Crippen molar-refractivity contribution in [1.29, 1.82) is 0 Å². The Bertz CT molecular complexity index is 404. The second-order valence-corrected chi connectivity index (χ2v) is 5.60. The number of esters is 1. The Morgan fingerprint density at radius 1 is 1.28 bits per heavy atom. The van der Waals surface area contributed by atoms with E-state index < -0.39 is 0 Å². The van der Waals surface area contributed by atoms with Crippen molar-refractivity contribution in [2.45, 2.75) is 31.7 Å². The molecule has 18 heavy (non-hydrogen) atoms. The second-order valence-electron chi connectivity index (χ2n) is 5.60. The van der Waals surface area contributed by atoms with E-state index in [-0.39, 0.29) is 23.8 Å². The molecule has 1 saturated heterocycles. The summed E-state index contributed by atoms with van der Waals surface area (Å²) in [5, 5.41) is 0. The van der Waals surface area contributed by atoms with Crippen LogP contribution >= 0.6 is 0 Å². The van der Waals surface area contributed by atoms with Crippen LogP contribution < -0.4 is 0 Å². The van der Waals surface area contributed by atoms with Crippen LogP contribution in [-0.2, 0) is 14.3 Å². The average molecular weight is 249 g/mol. The van der Waals surface area contributed by atoms with Gasteiger partial charge in [-0.1, -0.05) is 12.2 Å². The molecule has 4 unspecified atom stereocenters. The van der Waals surface area contributed by atoms with E-state index in [9.17, 15) is 9.59 Å². The number of fused-ring (bicyclic) bond motifs is 2. The smallest absolute Gasteiger partial charge is 0.328 e. The van der Waals surface area contributed by atoms with E-state index in [1.807, 2.05) is 0 Å². The minimum Gasteiger partial charge on any atom is -0.467 e. The van der Waals surface area contributed by atoms with Gasteiger partial charge in [-0.25, -0.2) is 4.79 Å². The van der Waals surface area contributed by atoms with Crippen LogP contribution in [0.3, 0.4) is 0 Å². The summed E-state index contributed by atoms with van der Waals surface area (Å²) in [6.07, 6.45) is 8.14. The summed E-state index contributed by atoms with van der Waals surface area (Å²) in [6, 6.07) is -0.342. The van der Waals surface area contributed by atoms with Crippen LogP contribution in [0, 0.1) is 17.8 Å².